The summed E-state index contributed by atoms with van der Waals surface area (Å²) in [6.45, 7) is 6.09. The van der Waals surface area contributed by atoms with Crippen molar-refractivity contribution in [1.29, 1.82) is 0 Å². The summed E-state index contributed by atoms with van der Waals surface area (Å²) in [4.78, 5) is 30.6. The number of benzene rings is 4. The second-order valence-corrected chi connectivity index (χ2v) is 13.1. The third-order valence-corrected chi connectivity index (χ3v) is 9.48. The van der Waals surface area contributed by atoms with Gasteiger partial charge in [-0.3, -0.25) is 9.36 Å². The van der Waals surface area contributed by atoms with Gasteiger partial charge in [0.2, 0.25) is 0 Å². The van der Waals surface area contributed by atoms with Gasteiger partial charge in [-0.1, -0.05) is 71.8 Å². The van der Waals surface area contributed by atoms with Gasteiger partial charge in [0.1, 0.15) is 35.6 Å². The maximum atomic E-state index is 13.6. The van der Waals surface area contributed by atoms with Crippen LogP contribution in [0.1, 0.15) is 50.0 Å². The van der Waals surface area contributed by atoms with Gasteiger partial charge in [0, 0.05) is 35.6 Å². The molecule has 1 saturated heterocycles. The molecule has 2 aliphatic heterocycles. The van der Waals surface area contributed by atoms with Gasteiger partial charge in [0.05, 0.1) is 19.8 Å². The molecular formula is C41H41N3O8. The lowest BCUT2D eigenvalue weighted by Gasteiger charge is -2.41. The smallest absolute Gasteiger partial charge is 0.351 e. The normalized spacial score (nSPS) is 20.1. The first-order chi connectivity index (χ1) is 25.2. The molecule has 0 aliphatic carbocycles. The van der Waals surface area contributed by atoms with Crippen LogP contribution in [0.5, 0.6) is 11.5 Å². The second-order valence-electron chi connectivity index (χ2n) is 13.1. The number of methoxy groups -OCH3 is 1. The van der Waals surface area contributed by atoms with E-state index in [0.717, 1.165) is 27.8 Å². The molecule has 3 heterocycles. The number of nitrogens with zero attached hydrogens (tertiary/aromatic N) is 2. The van der Waals surface area contributed by atoms with Crippen molar-refractivity contribution >= 4 is 11.7 Å². The van der Waals surface area contributed by atoms with Gasteiger partial charge in [-0.15, -0.1) is 0 Å². The monoisotopic (exact) mass is 703 g/mol. The summed E-state index contributed by atoms with van der Waals surface area (Å²) in [5.74, 6) is 1.04. The Bertz CT molecular complexity index is 2070. The van der Waals surface area contributed by atoms with Crippen LogP contribution in [0.15, 0.2) is 108 Å². The fraction of sp³-hybridized carbons (Fsp3) is 0.293. The lowest BCUT2D eigenvalue weighted by atomic mass is 9.77. The number of aryl methyl sites for hydroxylation is 3. The number of fused-ring (bicyclic) bond motifs is 2. The largest absolute Gasteiger partial charge is 0.457 e. The van der Waals surface area contributed by atoms with Gasteiger partial charge in [0.25, 0.3) is 5.91 Å². The van der Waals surface area contributed by atoms with Gasteiger partial charge in [0.15, 0.2) is 11.8 Å². The number of ether oxygens (including phenoxy) is 5. The molecule has 0 radical (unpaired) electrons. The Morgan fingerprint density at radius 2 is 1.54 bits per heavy atom. The molecule has 5 aromatic rings. The fourth-order valence-electron chi connectivity index (χ4n) is 6.88. The van der Waals surface area contributed by atoms with Gasteiger partial charge >= 0.3 is 5.69 Å². The minimum Gasteiger partial charge on any atom is -0.457 e. The quantitative estimate of drug-likeness (QED) is 0.163. The maximum Gasteiger partial charge on any atom is 0.351 e. The van der Waals surface area contributed by atoms with Crippen LogP contribution in [0, 0.1) is 20.8 Å². The first kappa shape index (κ1) is 35.2. The molecule has 268 valence electrons. The average molecular weight is 704 g/mol. The number of amides is 1. The highest BCUT2D eigenvalue weighted by Gasteiger charge is 2.50. The molecule has 1 aromatic heterocycles. The van der Waals surface area contributed by atoms with Gasteiger partial charge < -0.3 is 34.1 Å². The molecule has 4 aromatic carbocycles. The summed E-state index contributed by atoms with van der Waals surface area (Å²) < 4.78 is 32.6. The minimum atomic E-state index is -1.20. The Balaban J connectivity index is 1.24. The Kier molecular flexibility index (Phi) is 10.0. The van der Waals surface area contributed by atoms with Crippen molar-refractivity contribution in [3.05, 3.63) is 153 Å². The third-order valence-electron chi connectivity index (χ3n) is 9.48. The number of hydrogen-bond acceptors (Lipinski definition) is 9. The topological polar surface area (TPSA) is 130 Å². The molecule has 1 fully saturated rings. The molecule has 4 unspecified atom stereocenters. The third kappa shape index (κ3) is 6.65. The molecular weight excluding hydrogens is 662 g/mol. The number of carbonyl (C=O) groups is 1. The van der Waals surface area contributed by atoms with E-state index in [4.69, 9.17) is 23.7 Å². The van der Waals surface area contributed by atoms with Crippen molar-refractivity contribution in [2.24, 2.45) is 0 Å². The van der Waals surface area contributed by atoms with E-state index >= 15 is 0 Å². The summed E-state index contributed by atoms with van der Waals surface area (Å²) in [5, 5.41) is 14.5. The molecule has 4 atom stereocenters. The number of rotatable bonds is 11. The predicted molar refractivity (Wildman–Crippen MR) is 194 cm³/mol. The predicted octanol–water partition coefficient (Wildman–Crippen LogP) is 5.83. The molecule has 2 aliphatic rings. The molecule has 0 bridgehead atoms. The zero-order valence-electron chi connectivity index (χ0n) is 29.4. The summed E-state index contributed by atoms with van der Waals surface area (Å²) in [6.07, 6.45) is -2.62. The van der Waals surface area contributed by atoms with Crippen LogP contribution in [0.3, 0.4) is 0 Å². The van der Waals surface area contributed by atoms with Crippen LogP contribution in [0.4, 0.5) is 5.82 Å². The SMILES string of the molecule is COCCOC1C(O)C(COC2(c3ccccc3)c3cc(C)ccc3Oc3ccc(C)cc32)OC1n1cc(C)c(NC(=O)c2ccccc2)nc1=O. The standard InChI is InChI=1S/C41H41N3O8/c1-25-15-17-32-30(21-25)41(29-13-9-6-10-14-29,31-22-26(2)16-18-33(31)51-32)50-24-34-35(45)36(49-20-19-48-4)39(52-34)44-23-27(3)37(43-40(44)47)42-38(46)28-11-7-5-8-12-28/h5-18,21-23,34-36,39,45H,19-20,24H2,1-4H3,(H,42,43,46,47). The van der Waals surface area contributed by atoms with E-state index in [1.54, 1.807) is 44.5 Å². The van der Waals surface area contributed by atoms with Crippen molar-refractivity contribution in [2.75, 3.05) is 32.2 Å². The lowest BCUT2D eigenvalue weighted by molar-refractivity contribution is -0.101. The number of nitrogens with one attached hydrogen (secondary N) is 1. The molecule has 11 nitrogen and oxygen atoms in total. The highest BCUT2D eigenvalue weighted by Crippen LogP contribution is 2.53. The summed E-state index contributed by atoms with van der Waals surface area (Å²) in [7, 11) is 1.55. The van der Waals surface area contributed by atoms with Crippen molar-refractivity contribution in [1.82, 2.24) is 9.55 Å². The molecule has 0 spiro atoms. The molecule has 7 rings (SSSR count). The first-order valence-corrected chi connectivity index (χ1v) is 17.2. The van der Waals surface area contributed by atoms with Crippen LogP contribution < -0.4 is 15.7 Å². The van der Waals surface area contributed by atoms with Crippen molar-refractivity contribution in [2.45, 2.75) is 50.9 Å². The highest BCUT2D eigenvalue weighted by molar-refractivity contribution is 6.04. The van der Waals surface area contributed by atoms with E-state index in [2.05, 4.69) is 22.4 Å². The zero-order valence-corrected chi connectivity index (χ0v) is 29.4. The fourth-order valence-corrected chi connectivity index (χ4v) is 6.88. The number of hydrogen-bond donors (Lipinski definition) is 2. The van der Waals surface area contributed by atoms with E-state index in [-0.39, 0.29) is 25.6 Å². The van der Waals surface area contributed by atoms with E-state index in [1.165, 1.54) is 4.57 Å². The van der Waals surface area contributed by atoms with Gasteiger partial charge in [-0.05, 0) is 62.7 Å². The highest BCUT2D eigenvalue weighted by atomic mass is 16.6. The van der Waals surface area contributed by atoms with Crippen molar-refractivity contribution in [3.8, 4) is 11.5 Å². The number of aliphatic hydroxyl groups excluding tert-OH is 1. The average Bonchev–Trinajstić information content (AvgIpc) is 3.46. The summed E-state index contributed by atoms with van der Waals surface area (Å²) in [6, 6.07) is 30.6. The zero-order chi connectivity index (χ0) is 36.4. The summed E-state index contributed by atoms with van der Waals surface area (Å²) >= 11 is 0. The number of anilines is 1. The van der Waals surface area contributed by atoms with Crippen LogP contribution in [0.25, 0.3) is 0 Å². The van der Waals surface area contributed by atoms with E-state index < -0.39 is 41.7 Å². The Hall–Kier alpha value is -5.17. The Morgan fingerprint density at radius 1 is 0.904 bits per heavy atom. The number of carbonyl (C=O) groups excluding carboxylic acids is 1. The van der Waals surface area contributed by atoms with Gasteiger partial charge in [-0.2, -0.15) is 4.98 Å². The Morgan fingerprint density at radius 3 is 2.17 bits per heavy atom. The lowest BCUT2D eigenvalue weighted by Crippen LogP contribution is -2.42. The number of aromatic nitrogens is 2. The number of aliphatic hydroxyl groups is 1. The molecule has 0 saturated carbocycles. The summed E-state index contributed by atoms with van der Waals surface area (Å²) in [5.41, 5.74) is 3.68. The molecule has 2 N–H and O–H groups in total. The Labute approximate surface area is 301 Å². The molecule has 1 amide bonds. The van der Waals surface area contributed by atoms with Crippen molar-refractivity contribution < 1.29 is 33.6 Å². The van der Waals surface area contributed by atoms with E-state index in [0.29, 0.717) is 22.6 Å². The second kappa shape index (κ2) is 14.8. The molecule has 11 heteroatoms. The van der Waals surface area contributed by atoms with E-state index in [1.807, 2.05) is 74.5 Å². The van der Waals surface area contributed by atoms with Gasteiger partial charge in [-0.25, -0.2) is 4.79 Å². The van der Waals surface area contributed by atoms with Crippen molar-refractivity contribution in [3.63, 3.8) is 0 Å². The van der Waals surface area contributed by atoms with Crippen LogP contribution in [-0.2, 0) is 24.5 Å². The van der Waals surface area contributed by atoms with Crippen LogP contribution in [0.2, 0.25) is 0 Å². The maximum absolute atomic E-state index is 13.6. The first-order valence-electron chi connectivity index (χ1n) is 17.2. The molecule has 52 heavy (non-hydrogen) atoms. The van der Waals surface area contributed by atoms with Crippen LogP contribution in [-0.4, -0.2) is 65.8 Å². The minimum absolute atomic E-state index is 0.0795. The van der Waals surface area contributed by atoms with Crippen LogP contribution >= 0.6 is 0 Å². The van der Waals surface area contributed by atoms with E-state index in [9.17, 15) is 14.7 Å².